The van der Waals surface area contributed by atoms with E-state index in [0.29, 0.717) is 17.0 Å². The number of amides is 1. The molecule has 0 saturated carbocycles. The third-order valence-corrected chi connectivity index (χ3v) is 3.51. The maximum atomic E-state index is 13.6. The zero-order valence-electron chi connectivity index (χ0n) is 12.2. The molecule has 0 aliphatic heterocycles. The van der Waals surface area contributed by atoms with Gasteiger partial charge >= 0.3 is 0 Å². The van der Waals surface area contributed by atoms with E-state index >= 15 is 0 Å². The largest absolute Gasteiger partial charge is 0.342 e. The van der Waals surface area contributed by atoms with Gasteiger partial charge in [-0.2, -0.15) is 0 Å². The van der Waals surface area contributed by atoms with Crippen LogP contribution in [-0.4, -0.2) is 20.5 Å². The Kier molecular flexibility index (Phi) is 3.58. The fraction of sp³-hybridized carbons (Fsp3) is 0.188. The molecule has 3 rings (SSSR count). The maximum absolute atomic E-state index is 13.6. The summed E-state index contributed by atoms with van der Waals surface area (Å²) >= 11 is 0. The van der Waals surface area contributed by atoms with Gasteiger partial charge in [0.25, 0.3) is 5.91 Å². The number of nitrogens with zero attached hydrogens (tertiary/aromatic N) is 3. The molecule has 22 heavy (non-hydrogen) atoms. The summed E-state index contributed by atoms with van der Waals surface area (Å²) in [6.07, 6.45) is 1.83. The van der Waals surface area contributed by atoms with E-state index in [1.54, 1.807) is 23.5 Å². The molecule has 1 amide bonds. The van der Waals surface area contributed by atoms with Gasteiger partial charge in [0.1, 0.15) is 5.82 Å². The molecule has 1 N–H and O–H groups in total. The summed E-state index contributed by atoms with van der Waals surface area (Å²) in [5.41, 5.74) is 1.50. The van der Waals surface area contributed by atoms with Gasteiger partial charge in [-0.15, -0.1) is 10.2 Å². The summed E-state index contributed by atoms with van der Waals surface area (Å²) in [5.74, 6) is -0.121. The second-order valence-corrected chi connectivity index (χ2v) is 5.15. The monoisotopic (exact) mass is 298 g/mol. The Morgan fingerprint density at radius 3 is 2.86 bits per heavy atom. The number of fused-ring (bicyclic) bond motifs is 1. The van der Waals surface area contributed by atoms with E-state index < -0.39 is 5.82 Å². The van der Waals surface area contributed by atoms with E-state index in [1.165, 1.54) is 6.07 Å². The van der Waals surface area contributed by atoms with Gasteiger partial charge in [-0.3, -0.25) is 9.20 Å². The molecule has 1 unspecified atom stereocenters. The number of aryl methyl sites for hydroxylation is 1. The first-order chi connectivity index (χ1) is 10.6. The zero-order valence-corrected chi connectivity index (χ0v) is 12.2. The Labute approximate surface area is 126 Å². The van der Waals surface area contributed by atoms with Gasteiger partial charge in [0.2, 0.25) is 0 Å². The normalized spacial score (nSPS) is 12.3. The second kappa shape index (κ2) is 5.55. The van der Waals surface area contributed by atoms with Crippen LogP contribution in [0.15, 0.2) is 42.6 Å². The Morgan fingerprint density at radius 1 is 1.27 bits per heavy atom. The van der Waals surface area contributed by atoms with Gasteiger partial charge in [0.05, 0.1) is 6.04 Å². The summed E-state index contributed by atoms with van der Waals surface area (Å²) in [6.45, 7) is 3.47. The quantitative estimate of drug-likeness (QED) is 0.808. The average molecular weight is 298 g/mol. The molecule has 1 aromatic carbocycles. The zero-order chi connectivity index (χ0) is 15.7. The third-order valence-electron chi connectivity index (χ3n) is 3.51. The van der Waals surface area contributed by atoms with Crippen LogP contribution < -0.4 is 5.32 Å². The maximum Gasteiger partial charge on any atom is 0.251 e. The molecule has 2 aromatic heterocycles. The van der Waals surface area contributed by atoms with Crippen LogP contribution in [0.1, 0.15) is 34.7 Å². The van der Waals surface area contributed by atoms with Crippen molar-refractivity contribution in [2.45, 2.75) is 19.9 Å². The standard InChI is InChI=1S/C16H15FN4O/c1-10-6-7-12(9-13(10)17)16(22)18-11(2)15-20-19-14-5-3-4-8-21(14)15/h3-9,11H,1-2H3,(H,18,22). The number of hydrogen-bond donors (Lipinski definition) is 1. The first-order valence-corrected chi connectivity index (χ1v) is 6.93. The lowest BCUT2D eigenvalue weighted by Gasteiger charge is -2.12. The van der Waals surface area contributed by atoms with Gasteiger partial charge in [-0.1, -0.05) is 12.1 Å². The van der Waals surface area contributed by atoms with E-state index in [1.807, 2.05) is 31.3 Å². The number of aromatic nitrogens is 3. The molecule has 1 atom stereocenters. The number of pyridine rings is 1. The molecule has 0 bridgehead atoms. The van der Waals surface area contributed by atoms with Crippen LogP contribution in [0.3, 0.4) is 0 Å². The molecule has 112 valence electrons. The van der Waals surface area contributed by atoms with Crippen molar-refractivity contribution in [1.29, 1.82) is 0 Å². The van der Waals surface area contributed by atoms with E-state index in [9.17, 15) is 9.18 Å². The van der Waals surface area contributed by atoms with E-state index in [2.05, 4.69) is 15.5 Å². The molecule has 3 aromatic rings. The minimum atomic E-state index is -0.395. The summed E-state index contributed by atoms with van der Waals surface area (Å²) in [5, 5.41) is 11.0. The molecular formula is C16H15FN4O. The highest BCUT2D eigenvalue weighted by Gasteiger charge is 2.17. The van der Waals surface area contributed by atoms with E-state index in [4.69, 9.17) is 0 Å². The van der Waals surface area contributed by atoms with Crippen LogP contribution >= 0.6 is 0 Å². The molecule has 0 radical (unpaired) electrons. The van der Waals surface area contributed by atoms with Gasteiger partial charge in [-0.05, 0) is 43.7 Å². The first kappa shape index (κ1) is 14.2. The minimum Gasteiger partial charge on any atom is -0.342 e. The third kappa shape index (κ3) is 2.55. The number of carbonyl (C=O) groups excluding carboxylic acids is 1. The van der Waals surface area contributed by atoms with Crippen molar-refractivity contribution in [1.82, 2.24) is 19.9 Å². The van der Waals surface area contributed by atoms with Crippen molar-refractivity contribution < 1.29 is 9.18 Å². The summed E-state index contributed by atoms with van der Waals surface area (Å²) in [6, 6.07) is 9.63. The number of halogens is 1. The van der Waals surface area contributed by atoms with Crippen molar-refractivity contribution in [2.24, 2.45) is 0 Å². The fourth-order valence-electron chi connectivity index (χ4n) is 2.23. The Hall–Kier alpha value is -2.76. The van der Waals surface area contributed by atoms with E-state index in [0.717, 1.165) is 0 Å². The topological polar surface area (TPSA) is 59.3 Å². The van der Waals surface area contributed by atoms with Crippen LogP contribution in [0.25, 0.3) is 5.65 Å². The predicted molar refractivity (Wildman–Crippen MR) is 80.0 cm³/mol. The Morgan fingerprint density at radius 2 is 2.09 bits per heavy atom. The van der Waals surface area contributed by atoms with Crippen molar-refractivity contribution >= 4 is 11.6 Å². The number of benzene rings is 1. The second-order valence-electron chi connectivity index (χ2n) is 5.15. The van der Waals surface area contributed by atoms with Gasteiger partial charge in [0, 0.05) is 11.8 Å². The highest BCUT2D eigenvalue weighted by molar-refractivity contribution is 5.94. The number of carbonyl (C=O) groups is 1. The van der Waals surface area contributed by atoms with Crippen LogP contribution in [-0.2, 0) is 0 Å². The lowest BCUT2D eigenvalue weighted by atomic mass is 10.1. The van der Waals surface area contributed by atoms with Crippen molar-refractivity contribution in [3.05, 3.63) is 65.4 Å². The van der Waals surface area contributed by atoms with E-state index in [-0.39, 0.29) is 17.5 Å². The summed E-state index contributed by atoms with van der Waals surface area (Å²) < 4.78 is 15.4. The molecular weight excluding hydrogens is 283 g/mol. The van der Waals surface area contributed by atoms with Crippen molar-refractivity contribution in [3.63, 3.8) is 0 Å². The van der Waals surface area contributed by atoms with Gasteiger partial charge < -0.3 is 5.32 Å². The lowest BCUT2D eigenvalue weighted by molar-refractivity contribution is 0.0937. The highest BCUT2D eigenvalue weighted by atomic mass is 19.1. The number of nitrogens with one attached hydrogen (secondary N) is 1. The van der Waals surface area contributed by atoms with Crippen molar-refractivity contribution in [3.8, 4) is 0 Å². The Bertz CT molecular complexity index is 843. The SMILES string of the molecule is Cc1ccc(C(=O)NC(C)c2nnc3ccccn23)cc1F. The van der Waals surface area contributed by atoms with Crippen LogP contribution in [0.4, 0.5) is 4.39 Å². The van der Waals surface area contributed by atoms with Crippen molar-refractivity contribution in [2.75, 3.05) is 0 Å². The molecule has 0 fully saturated rings. The smallest absolute Gasteiger partial charge is 0.251 e. The number of rotatable bonds is 3. The van der Waals surface area contributed by atoms with Gasteiger partial charge in [0.15, 0.2) is 11.5 Å². The lowest BCUT2D eigenvalue weighted by Crippen LogP contribution is -2.28. The minimum absolute atomic E-state index is 0.281. The Balaban J connectivity index is 1.82. The predicted octanol–water partition coefficient (Wildman–Crippen LogP) is 2.67. The van der Waals surface area contributed by atoms with Crippen LogP contribution in [0.5, 0.6) is 0 Å². The van der Waals surface area contributed by atoms with Crippen LogP contribution in [0.2, 0.25) is 0 Å². The molecule has 0 saturated heterocycles. The molecule has 5 nitrogen and oxygen atoms in total. The fourth-order valence-corrected chi connectivity index (χ4v) is 2.23. The number of hydrogen-bond acceptors (Lipinski definition) is 3. The van der Waals surface area contributed by atoms with Crippen LogP contribution in [0, 0.1) is 12.7 Å². The molecule has 6 heteroatoms. The summed E-state index contributed by atoms with van der Waals surface area (Å²) in [4.78, 5) is 12.2. The summed E-state index contributed by atoms with van der Waals surface area (Å²) in [7, 11) is 0. The molecule has 0 spiro atoms. The molecule has 2 heterocycles. The highest BCUT2D eigenvalue weighted by Crippen LogP contribution is 2.14. The first-order valence-electron chi connectivity index (χ1n) is 6.93. The average Bonchev–Trinajstić information content (AvgIpc) is 2.94. The van der Waals surface area contributed by atoms with Gasteiger partial charge in [-0.25, -0.2) is 4.39 Å². The molecule has 0 aliphatic rings. The molecule has 0 aliphatic carbocycles.